The highest BCUT2D eigenvalue weighted by Gasteiger charge is 2.53. The number of rotatable bonds is 8. The lowest BCUT2D eigenvalue weighted by Crippen LogP contribution is -2.66. The molecule has 3 fully saturated rings. The van der Waals surface area contributed by atoms with Crippen molar-refractivity contribution in [2.24, 2.45) is 0 Å². The molecular formula is C19H34O16. The summed E-state index contributed by atoms with van der Waals surface area (Å²) in [5, 5.41) is 101. The average molecular weight is 518 g/mol. The summed E-state index contributed by atoms with van der Waals surface area (Å²) in [6.07, 6.45) is -24.1. The van der Waals surface area contributed by atoms with Crippen molar-refractivity contribution >= 4 is 0 Å². The Balaban J connectivity index is 1.79. The Morgan fingerprint density at radius 1 is 0.486 bits per heavy atom. The summed E-state index contributed by atoms with van der Waals surface area (Å²) in [6, 6.07) is 0. The molecule has 0 radical (unpaired) electrons. The topological polar surface area (TPSA) is 258 Å². The van der Waals surface area contributed by atoms with Crippen molar-refractivity contribution in [3.63, 3.8) is 0 Å². The molecule has 16 heteroatoms. The monoisotopic (exact) mass is 518 g/mol. The van der Waals surface area contributed by atoms with E-state index in [1.165, 1.54) is 7.11 Å². The molecule has 0 aliphatic carbocycles. The third kappa shape index (κ3) is 5.78. The van der Waals surface area contributed by atoms with Gasteiger partial charge >= 0.3 is 0 Å². The number of methoxy groups -OCH3 is 1. The highest BCUT2D eigenvalue weighted by Crippen LogP contribution is 2.32. The maximum Gasteiger partial charge on any atom is 0.187 e. The van der Waals surface area contributed by atoms with Crippen molar-refractivity contribution in [3.8, 4) is 0 Å². The molecule has 3 heterocycles. The molecule has 3 aliphatic heterocycles. The normalized spacial score (nSPS) is 51.3. The Bertz CT molecular complexity index is 638. The zero-order valence-electron chi connectivity index (χ0n) is 18.7. The average Bonchev–Trinajstić information content (AvgIpc) is 2.85. The molecule has 0 unspecified atom stereocenters. The van der Waals surface area contributed by atoms with Crippen molar-refractivity contribution in [1.29, 1.82) is 0 Å². The molecule has 16 nitrogen and oxygen atoms in total. The lowest BCUT2D eigenvalue weighted by molar-refractivity contribution is -0.380. The molecule has 0 aromatic rings. The van der Waals surface area contributed by atoms with Gasteiger partial charge in [-0.05, 0) is 0 Å². The van der Waals surface area contributed by atoms with E-state index in [1.54, 1.807) is 0 Å². The van der Waals surface area contributed by atoms with Crippen LogP contribution < -0.4 is 0 Å². The third-order valence-corrected chi connectivity index (χ3v) is 6.31. The Labute approximate surface area is 199 Å². The van der Waals surface area contributed by atoms with Gasteiger partial charge in [0.15, 0.2) is 18.9 Å². The van der Waals surface area contributed by atoms with Crippen molar-refractivity contribution in [2.45, 2.75) is 92.1 Å². The second kappa shape index (κ2) is 12.3. The molecule has 3 rings (SSSR count). The molecule has 0 spiro atoms. The summed E-state index contributed by atoms with van der Waals surface area (Å²) in [6.45, 7) is -2.20. The van der Waals surface area contributed by atoms with Gasteiger partial charge in [0.05, 0.1) is 19.8 Å². The van der Waals surface area contributed by atoms with Gasteiger partial charge in [-0.15, -0.1) is 0 Å². The maximum atomic E-state index is 10.8. The number of hydrogen-bond acceptors (Lipinski definition) is 16. The van der Waals surface area contributed by atoms with Crippen LogP contribution in [0.3, 0.4) is 0 Å². The van der Waals surface area contributed by atoms with Gasteiger partial charge < -0.3 is 79.5 Å². The molecule has 0 amide bonds. The third-order valence-electron chi connectivity index (χ3n) is 6.31. The Morgan fingerprint density at radius 2 is 0.857 bits per heavy atom. The van der Waals surface area contributed by atoms with Gasteiger partial charge in [0.1, 0.15) is 73.2 Å². The van der Waals surface area contributed by atoms with E-state index >= 15 is 0 Å². The maximum absolute atomic E-state index is 10.8. The van der Waals surface area contributed by atoms with Gasteiger partial charge in [0, 0.05) is 7.11 Å². The molecule has 3 saturated heterocycles. The predicted molar refractivity (Wildman–Crippen MR) is 106 cm³/mol. The molecule has 0 bridgehead atoms. The fraction of sp³-hybridized carbons (Fsp3) is 1.00. The van der Waals surface area contributed by atoms with E-state index < -0.39 is 112 Å². The summed E-state index contributed by atoms with van der Waals surface area (Å²) >= 11 is 0. The second-order valence-corrected chi connectivity index (χ2v) is 8.55. The molecule has 3 aliphatic rings. The first-order valence-electron chi connectivity index (χ1n) is 11.0. The first-order chi connectivity index (χ1) is 16.6. The van der Waals surface area contributed by atoms with Gasteiger partial charge in [-0.1, -0.05) is 0 Å². The first kappa shape index (κ1) is 28.9. The SMILES string of the molecule is CO[C@@H]1O[C@H](CO)[C@@H](O)[C@H](O[C@@H]2O[C@H](CO)[C@@H](O)[C@H](O[C@@H]3O[C@H](CO)[C@@H](O)[C@H](O)[C@H]3O)[C@H]2O)[C@H]1O. The van der Waals surface area contributed by atoms with Crippen LogP contribution in [0.4, 0.5) is 0 Å². The fourth-order valence-electron chi connectivity index (χ4n) is 4.22. The van der Waals surface area contributed by atoms with Crippen LogP contribution in [-0.4, -0.2) is 170 Å². The Hall–Kier alpha value is -0.640. The lowest BCUT2D eigenvalue weighted by Gasteiger charge is -2.48. The van der Waals surface area contributed by atoms with Crippen LogP contribution in [0.25, 0.3) is 0 Å². The van der Waals surface area contributed by atoms with Crippen LogP contribution in [0, 0.1) is 0 Å². The summed E-state index contributed by atoms with van der Waals surface area (Å²) in [5.74, 6) is 0. The molecule has 0 saturated carbocycles. The number of hydrogen-bond donors (Lipinski definition) is 10. The highest BCUT2D eigenvalue weighted by atomic mass is 16.8. The largest absolute Gasteiger partial charge is 0.394 e. The van der Waals surface area contributed by atoms with Crippen LogP contribution in [-0.2, 0) is 28.4 Å². The van der Waals surface area contributed by atoms with Crippen LogP contribution >= 0.6 is 0 Å². The molecule has 0 aromatic carbocycles. The first-order valence-corrected chi connectivity index (χ1v) is 11.0. The minimum Gasteiger partial charge on any atom is -0.394 e. The fourth-order valence-corrected chi connectivity index (χ4v) is 4.22. The minimum atomic E-state index is -1.88. The molecule has 0 aromatic heterocycles. The summed E-state index contributed by atoms with van der Waals surface area (Å²) < 4.78 is 31.8. The van der Waals surface area contributed by atoms with E-state index in [2.05, 4.69) is 0 Å². The van der Waals surface area contributed by atoms with Crippen molar-refractivity contribution in [3.05, 3.63) is 0 Å². The van der Waals surface area contributed by atoms with Crippen LogP contribution in [0.15, 0.2) is 0 Å². The van der Waals surface area contributed by atoms with E-state index in [0.717, 1.165) is 0 Å². The number of aliphatic hydroxyl groups is 10. The van der Waals surface area contributed by atoms with Crippen LogP contribution in [0.2, 0.25) is 0 Å². The number of aliphatic hydroxyl groups excluding tert-OH is 10. The zero-order valence-corrected chi connectivity index (χ0v) is 18.7. The molecule has 15 atom stereocenters. The Morgan fingerprint density at radius 3 is 1.29 bits per heavy atom. The van der Waals surface area contributed by atoms with E-state index in [4.69, 9.17) is 28.4 Å². The summed E-state index contributed by atoms with van der Waals surface area (Å²) in [7, 11) is 1.20. The second-order valence-electron chi connectivity index (χ2n) is 8.55. The van der Waals surface area contributed by atoms with E-state index in [0.29, 0.717) is 0 Å². The zero-order chi connectivity index (χ0) is 26.0. The predicted octanol–water partition coefficient (Wildman–Crippen LogP) is -6.92. The smallest absolute Gasteiger partial charge is 0.187 e. The van der Waals surface area contributed by atoms with Crippen molar-refractivity contribution in [1.82, 2.24) is 0 Å². The molecule has 35 heavy (non-hydrogen) atoms. The van der Waals surface area contributed by atoms with Gasteiger partial charge in [0.25, 0.3) is 0 Å². The standard InChI is InChI=1S/C19H34O16/c1-30-17-13(28)15(9(24)6(3-21)31-17)35-19-14(29)16(10(25)7(4-22)33-19)34-18-12(27)11(26)8(23)5(2-20)32-18/h5-29H,2-4H2,1H3/t5-,6-,7-,8-,9-,10-,11+,12-,13-,14-,15+,16+,17-,18+,19+/m1/s1. The van der Waals surface area contributed by atoms with Crippen LogP contribution in [0.1, 0.15) is 0 Å². The van der Waals surface area contributed by atoms with Gasteiger partial charge in [0.2, 0.25) is 0 Å². The molecule has 206 valence electrons. The van der Waals surface area contributed by atoms with E-state index in [-0.39, 0.29) is 0 Å². The minimum absolute atomic E-state index is 0.664. The molecular weight excluding hydrogens is 484 g/mol. The van der Waals surface area contributed by atoms with Crippen molar-refractivity contribution < 1.29 is 79.5 Å². The van der Waals surface area contributed by atoms with Gasteiger partial charge in [-0.3, -0.25) is 0 Å². The quantitative estimate of drug-likeness (QED) is 0.143. The van der Waals surface area contributed by atoms with Crippen molar-refractivity contribution in [2.75, 3.05) is 26.9 Å². The van der Waals surface area contributed by atoms with E-state index in [1.807, 2.05) is 0 Å². The highest BCUT2D eigenvalue weighted by molar-refractivity contribution is 4.96. The lowest BCUT2D eigenvalue weighted by atomic mass is 9.96. The Kier molecular flexibility index (Phi) is 10.1. The summed E-state index contributed by atoms with van der Waals surface area (Å²) in [5.41, 5.74) is 0. The van der Waals surface area contributed by atoms with Gasteiger partial charge in [-0.25, -0.2) is 0 Å². The summed E-state index contributed by atoms with van der Waals surface area (Å²) in [4.78, 5) is 0. The van der Waals surface area contributed by atoms with Gasteiger partial charge in [-0.2, -0.15) is 0 Å². The van der Waals surface area contributed by atoms with E-state index in [9.17, 15) is 51.1 Å². The molecule has 10 N–H and O–H groups in total. The van der Waals surface area contributed by atoms with Crippen LogP contribution in [0.5, 0.6) is 0 Å². The number of ether oxygens (including phenoxy) is 6.